The summed E-state index contributed by atoms with van der Waals surface area (Å²) in [5.74, 6) is -7.01. The Hall–Kier alpha value is -5.31. The third kappa shape index (κ3) is 22.0. The first-order valence-electron chi connectivity index (χ1n) is 20.9. The Balaban J connectivity index is 2.00. The number of carbonyl (C=O) groups is 9. The Kier molecular flexibility index (Phi) is 24.1. The Labute approximate surface area is 361 Å². The van der Waals surface area contributed by atoms with Crippen molar-refractivity contribution < 1.29 is 68.3 Å². The quantitative estimate of drug-likeness (QED) is 0.0520. The van der Waals surface area contributed by atoms with E-state index in [4.69, 9.17) is 4.74 Å². The van der Waals surface area contributed by atoms with Gasteiger partial charge in [-0.05, 0) is 62.6 Å². The first-order valence-corrected chi connectivity index (χ1v) is 20.9. The minimum Gasteiger partial charge on any atom is -0.494 e. The second kappa shape index (κ2) is 28.3. The standard InChI is InChI=1S/C42H64N6O14/c1-28(2)20-33-32(36(52)27-49)6-4-19-62-31-9-7-30(8-10-31)21-34(45-42(33)61)35(51)11-12-37(53)43-13-5-14-44-38(54)23-46(15-17-47(22-29(3)50)24-39(55)56)16-18-48(25-40(57)58)26-41(59)60/h7-10,28,32-34,49H,4-6,11-27H2,1-3H3,(H,43,53)(H,44,54)(H,45,61)(H,55,56)(H,57,58)(H,59,60)/t32-,33+,34?/m0/s1. The van der Waals surface area contributed by atoms with Crippen LogP contribution in [0.15, 0.2) is 24.3 Å². The van der Waals surface area contributed by atoms with E-state index in [9.17, 15) is 63.6 Å². The lowest BCUT2D eigenvalue weighted by Gasteiger charge is -2.29. The van der Waals surface area contributed by atoms with Crippen LogP contribution in [0, 0.1) is 17.8 Å². The van der Waals surface area contributed by atoms with E-state index in [2.05, 4.69) is 16.0 Å². The number of aliphatic carboxylic acids is 3. The third-order valence-corrected chi connectivity index (χ3v) is 10.1. The Bertz CT molecular complexity index is 1600. The van der Waals surface area contributed by atoms with Crippen molar-refractivity contribution in [3.8, 4) is 5.75 Å². The van der Waals surface area contributed by atoms with Crippen molar-refractivity contribution in [2.24, 2.45) is 17.8 Å². The van der Waals surface area contributed by atoms with Crippen LogP contribution >= 0.6 is 0 Å². The van der Waals surface area contributed by atoms with Crippen LogP contribution in [0.1, 0.15) is 64.9 Å². The second-order valence-corrected chi connectivity index (χ2v) is 16.0. The van der Waals surface area contributed by atoms with Gasteiger partial charge in [0, 0.05) is 63.9 Å². The summed E-state index contributed by atoms with van der Waals surface area (Å²) < 4.78 is 5.83. The Morgan fingerprint density at radius 1 is 0.758 bits per heavy atom. The summed E-state index contributed by atoms with van der Waals surface area (Å²) in [6, 6.07) is 6.11. The molecule has 0 fully saturated rings. The number of ketones is 3. The molecule has 20 heteroatoms. The van der Waals surface area contributed by atoms with E-state index in [-0.39, 0.29) is 89.1 Å². The van der Waals surface area contributed by atoms with Gasteiger partial charge in [0.25, 0.3) is 0 Å². The molecule has 1 unspecified atom stereocenters. The average Bonchev–Trinajstić information content (AvgIpc) is 3.18. The lowest BCUT2D eigenvalue weighted by molar-refractivity contribution is -0.142. The highest BCUT2D eigenvalue weighted by atomic mass is 16.5. The largest absolute Gasteiger partial charge is 0.494 e. The summed E-state index contributed by atoms with van der Waals surface area (Å²) in [7, 11) is 0. The maximum absolute atomic E-state index is 13.8. The van der Waals surface area contributed by atoms with Gasteiger partial charge >= 0.3 is 17.9 Å². The highest BCUT2D eigenvalue weighted by molar-refractivity contribution is 5.94. The fourth-order valence-corrected chi connectivity index (χ4v) is 7.10. The molecule has 3 atom stereocenters. The van der Waals surface area contributed by atoms with Gasteiger partial charge in [0.2, 0.25) is 17.7 Å². The van der Waals surface area contributed by atoms with E-state index in [1.807, 2.05) is 13.8 Å². The Morgan fingerprint density at radius 3 is 1.84 bits per heavy atom. The van der Waals surface area contributed by atoms with E-state index >= 15 is 0 Å². The fraction of sp³-hybridized carbons (Fsp3) is 0.643. The smallest absolute Gasteiger partial charge is 0.317 e. The molecule has 346 valence electrons. The number of Topliss-reactive ketones (excluding diaryl/α,β-unsaturated/α-hetero) is 3. The van der Waals surface area contributed by atoms with E-state index in [0.717, 1.165) is 5.56 Å². The molecule has 1 aromatic rings. The van der Waals surface area contributed by atoms with E-state index in [0.29, 0.717) is 38.0 Å². The molecule has 0 aromatic heterocycles. The predicted molar refractivity (Wildman–Crippen MR) is 223 cm³/mol. The minimum atomic E-state index is -1.24. The first-order chi connectivity index (χ1) is 29.4. The highest BCUT2D eigenvalue weighted by Gasteiger charge is 2.35. The second-order valence-electron chi connectivity index (χ2n) is 16.0. The maximum atomic E-state index is 13.8. The van der Waals surface area contributed by atoms with Crippen molar-refractivity contribution >= 4 is 53.0 Å². The first kappa shape index (κ1) is 52.8. The summed E-state index contributed by atoms with van der Waals surface area (Å²) in [4.78, 5) is 116. The molecule has 2 aliphatic heterocycles. The number of benzene rings is 1. The SMILES string of the molecule is CC(=O)CN(CCN(CCN(CC(=O)O)CC(=O)O)CC(=O)NCCCNC(=O)CCC(=O)C1Cc2ccc(cc2)OCCC[C@H](C(=O)CO)[C@@H](CC(C)C)C(=O)N1)CC(=O)O. The van der Waals surface area contributed by atoms with Crippen molar-refractivity contribution in [2.75, 3.05) is 85.2 Å². The number of ether oxygens (including phenoxy) is 1. The zero-order valence-electron chi connectivity index (χ0n) is 36.0. The number of amides is 3. The molecule has 62 heavy (non-hydrogen) atoms. The summed E-state index contributed by atoms with van der Waals surface area (Å²) in [6.07, 6.45) is 1.22. The molecule has 7 N–H and O–H groups in total. The number of carbonyl (C=O) groups excluding carboxylic acids is 6. The number of rotatable bonds is 28. The van der Waals surface area contributed by atoms with E-state index in [1.165, 1.54) is 16.7 Å². The molecule has 0 saturated heterocycles. The molecular weight excluding hydrogens is 812 g/mol. The molecule has 0 radical (unpaired) electrons. The summed E-state index contributed by atoms with van der Waals surface area (Å²) >= 11 is 0. The van der Waals surface area contributed by atoms with Gasteiger partial charge in [0.15, 0.2) is 11.6 Å². The van der Waals surface area contributed by atoms with Gasteiger partial charge in [-0.25, -0.2) is 0 Å². The molecule has 2 aliphatic rings. The van der Waals surface area contributed by atoms with Crippen LogP contribution in [0.4, 0.5) is 0 Å². The van der Waals surface area contributed by atoms with Crippen molar-refractivity contribution in [3.63, 3.8) is 0 Å². The van der Waals surface area contributed by atoms with E-state index < -0.39 is 85.5 Å². The molecule has 3 amide bonds. The van der Waals surface area contributed by atoms with Crippen molar-refractivity contribution in [1.82, 2.24) is 30.7 Å². The van der Waals surface area contributed by atoms with Crippen LogP contribution in [-0.4, -0.2) is 179 Å². The number of aliphatic hydroxyl groups excluding tert-OH is 1. The zero-order chi connectivity index (χ0) is 46.2. The molecule has 20 nitrogen and oxygen atoms in total. The fourth-order valence-electron chi connectivity index (χ4n) is 7.10. The monoisotopic (exact) mass is 876 g/mol. The topological polar surface area (TPSA) is 290 Å². The van der Waals surface area contributed by atoms with Gasteiger partial charge in [-0.2, -0.15) is 0 Å². The summed E-state index contributed by atoms with van der Waals surface area (Å²) in [5.41, 5.74) is 0.748. The normalized spacial score (nSPS) is 17.0. The molecule has 3 rings (SSSR count). The number of hydrogen-bond donors (Lipinski definition) is 7. The molecular formula is C42H64N6O14. The molecule has 0 saturated carbocycles. The lowest BCUT2D eigenvalue weighted by atomic mass is 9.79. The number of fused-ring (bicyclic) bond motifs is 11. The lowest BCUT2D eigenvalue weighted by Crippen LogP contribution is -2.48. The number of nitrogens with zero attached hydrogens (tertiary/aromatic N) is 3. The number of hydrogen-bond acceptors (Lipinski definition) is 14. The summed E-state index contributed by atoms with van der Waals surface area (Å²) in [6.45, 7) is 3.33. The van der Waals surface area contributed by atoms with Crippen molar-refractivity contribution in [1.29, 1.82) is 0 Å². The van der Waals surface area contributed by atoms with Crippen LogP contribution in [0.5, 0.6) is 5.75 Å². The third-order valence-electron chi connectivity index (χ3n) is 10.1. The number of aliphatic hydroxyl groups is 1. The van der Waals surface area contributed by atoms with Gasteiger partial charge < -0.3 is 41.1 Å². The highest BCUT2D eigenvalue weighted by Crippen LogP contribution is 2.27. The molecule has 2 heterocycles. The van der Waals surface area contributed by atoms with Crippen LogP contribution in [0.25, 0.3) is 0 Å². The van der Waals surface area contributed by atoms with Crippen LogP contribution in [-0.2, 0) is 49.6 Å². The minimum absolute atomic E-state index is 0.0353. The number of nitrogens with one attached hydrogen (secondary N) is 3. The van der Waals surface area contributed by atoms with Gasteiger partial charge in [-0.3, -0.25) is 57.9 Å². The average molecular weight is 877 g/mol. The van der Waals surface area contributed by atoms with Crippen LogP contribution in [0.2, 0.25) is 0 Å². The molecule has 2 bridgehead atoms. The molecule has 1 aromatic carbocycles. The predicted octanol–water partition coefficient (Wildman–Crippen LogP) is -0.553. The van der Waals surface area contributed by atoms with Crippen molar-refractivity contribution in [3.05, 3.63) is 29.8 Å². The molecule has 0 aliphatic carbocycles. The zero-order valence-corrected chi connectivity index (χ0v) is 36.0. The van der Waals surface area contributed by atoms with Crippen LogP contribution in [0.3, 0.4) is 0 Å². The van der Waals surface area contributed by atoms with Crippen molar-refractivity contribution in [2.45, 2.75) is 71.8 Å². The van der Waals surface area contributed by atoms with Crippen LogP contribution < -0.4 is 20.7 Å². The van der Waals surface area contributed by atoms with Gasteiger partial charge in [0.05, 0.1) is 45.4 Å². The Morgan fingerprint density at radius 2 is 1.31 bits per heavy atom. The number of carboxylic acids is 3. The van der Waals surface area contributed by atoms with Gasteiger partial charge in [-0.15, -0.1) is 0 Å². The number of carboxylic acid groups (broad SMARTS) is 3. The van der Waals surface area contributed by atoms with E-state index in [1.54, 1.807) is 29.2 Å². The van der Waals surface area contributed by atoms with Gasteiger partial charge in [0.1, 0.15) is 18.1 Å². The van der Waals surface area contributed by atoms with Gasteiger partial charge in [-0.1, -0.05) is 26.0 Å². The molecule has 0 spiro atoms. The maximum Gasteiger partial charge on any atom is 0.317 e. The summed E-state index contributed by atoms with van der Waals surface area (Å²) in [5, 5.41) is 45.7.